The molecule has 1 N–H and O–H groups in total. The van der Waals surface area contributed by atoms with Crippen molar-refractivity contribution in [3.63, 3.8) is 0 Å². The molecule has 6 heteroatoms. The van der Waals surface area contributed by atoms with E-state index < -0.39 is 11.2 Å². The van der Waals surface area contributed by atoms with Crippen LogP contribution in [-0.2, 0) is 14.4 Å². The molecule has 2 amide bonds. The van der Waals surface area contributed by atoms with Gasteiger partial charge in [-0.1, -0.05) is 17.7 Å². The molecular formula is C13H13NO4S. The van der Waals surface area contributed by atoms with E-state index in [1.54, 1.807) is 12.1 Å². The van der Waals surface area contributed by atoms with E-state index in [9.17, 15) is 14.4 Å². The van der Waals surface area contributed by atoms with Gasteiger partial charge in [-0.3, -0.25) is 14.4 Å². The Labute approximate surface area is 114 Å². The van der Waals surface area contributed by atoms with Crippen LogP contribution < -0.4 is 4.90 Å². The molecule has 0 radical (unpaired) electrons. The van der Waals surface area contributed by atoms with Gasteiger partial charge < -0.3 is 5.11 Å². The van der Waals surface area contributed by atoms with E-state index in [2.05, 4.69) is 0 Å². The highest BCUT2D eigenvalue weighted by Crippen LogP contribution is 2.29. The maximum absolute atomic E-state index is 12.1. The second-order valence-corrected chi connectivity index (χ2v) is 5.49. The molecule has 1 aliphatic rings. The molecule has 1 heterocycles. The number of carboxylic acid groups (broad SMARTS) is 1. The lowest BCUT2D eigenvalue weighted by Crippen LogP contribution is -2.31. The molecule has 0 spiro atoms. The van der Waals surface area contributed by atoms with Crippen molar-refractivity contribution >= 4 is 35.2 Å². The van der Waals surface area contributed by atoms with Crippen LogP contribution in [0.4, 0.5) is 5.69 Å². The quantitative estimate of drug-likeness (QED) is 0.844. The number of carboxylic acids is 1. The first-order chi connectivity index (χ1) is 8.99. The summed E-state index contributed by atoms with van der Waals surface area (Å²) in [7, 11) is 0. The molecule has 2 rings (SSSR count). The second-order valence-electron chi connectivity index (χ2n) is 4.30. The highest BCUT2D eigenvalue weighted by atomic mass is 32.2. The number of carbonyl (C=O) groups is 3. The van der Waals surface area contributed by atoms with E-state index in [1.165, 1.54) is 0 Å². The van der Waals surface area contributed by atoms with Crippen molar-refractivity contribution in [3.8, 4) is 0 Å². The minimum absolute atomic E-state index is 0.0602. The van der Waals surface area contributed by atoms with Gasteiger partial charge >= 0.3 is 5.97 Å². The number of hydrogen-bond acceptors (Lipinski definition) is 4. The van der Waals surface area contributed by atoms with Crippen molar-refractivity contribution in [2.75, 3.05) is 10.7 Å². The summed E-state index contributed by atoms with van der Waals surface area (Å²) >= 11 is 0.994. The minimum atomic E-state index is -0.987. The molecule has 0 aromatic heterocycles. The van der Waals surface area contributed by atoms with Gasteiger partial charge in [-0.2, -0.15) is 0 Å². The Morgan fingerprint density at radius 2 is 2.00 bits per heavy atom. The zero-order valence-corrected chi connectivity index (χ0v) is 11.1. The Balaban J connectivity index is 2.14. The third kappa shape index (κ3) is 2.96. The Morgan fingerprint density at radius 1 is 1.37 bits per heavy atom. The average molecular weight is 279 g/mol. The number of rotatable bonds is 4. The Kier molecular flexibility index (Phi) is 3.90. The molecule has 1 unspecified atom stereocenters. The summed E-state index contributed by atoms with van der Waals surface area (Å²) in [6.07, 6.45) is 0.0602. The highest BCUT2D eigenvalue weighted by molar-refractivity contribution is 8.01. The maximum Gasteiger partial charge on any atom is 0.313 e. The standard InChI is InChI=1S/C13H13NO4S/c1-8-2-4-9(5-3-8)14-11(15)6-10(13(14)18)19-7-12(16)17/h2-5,10H,6-7H2,1H3,(H,16,17). The number of thioether (sulfide) groups is 1. The van der Waals surface area contributed by atoms with Crippen molar-refractivity contribution < 1.29 is 19.5 Å². The largest absolute Gasteiger partial charge is 0.481 e. The second kappa shape index (κ2) is 5.44. The first kappa shape index (κ1) is 13.6. The summed E-state index contributed by atoms with van der Waals surface area (Å²) in [5.74, 6) is -1.78. The van der Waals surface area contributed by atoms with E-state index >= 15 is 0 Å². The van der Waals surface area contributed by atoms with Crippen LogP contribution in [0.15, 0.2) is 24.3 Å². The molecule has 1 aromatic rings. The van der Waals surface area contributed by atoms with Crippen LogP contribution in [0, 0.1) is 6.92 Å². The Morgan fingerprint density at radius 3 is 2.58 bits per heavy atom. The molecule has 0 bridgehead atoms. The Bertz CT molecular complexity index is 526. The molecule has 1 saturated heterocycles. The number of imide groups is 1. The molecule has 5 nitrogen and oxygen atoms in total. The van der Waals surface area contributed by atoms with Crippen LogP contribution in [0.1, 0.15) is 12.0 Å². The summed E-state index contributed by atoms with van der Waals surface area (Å²) in [5, 5.41) is 8.02. The lowest BCUT2D eigenvalue weighted by Gasteiger charge is -2.14. The van der Waals surface area contributed by atoms with Crippen LogP contribution in [-0.4, -0.2) is 33.9 Å². The van der Waals surface area contributed by atoms with E-state index in [0.29, 0.717) is 5.69 Å². The van der Waals surface area contributed by atoms with Crippen LogP contribution in [0.2, 0.25) is 0 Å². The van der Waals surface area contributed by atoms with E-state index in [-0.39, 0.29) is 24.0 Å². The number of anilines is 1. The highest BCUT2D eigenvalue weighted by Gasteiger charge is 2.39. The molecule has 1 aromatic carbocycles. The number of benzene rings is 1. The van der Waals surface area contributed by atoms with Crippen molar-refractivity contribution in [2.45, 2.75) is 18.6 Å². The van der Waals surface area contributed by atoms with E-state index in [0.717, 1.165) is 22.2 Å². The van der Waals surface area contributed by atoms with Gasteiger partial charge in [-0.25, -0.2) is 4.90 Å². The lowest BCUT2D eigenvalue weighted by molar-refractivity contribution is -0.134. The average Bonchev–Trinajstić information content (AvgIpc) is 2.63. The van der Waals surface area contributed by atoms with Crippen molar-refractivity contribution in [3.05, 3.63) is 29.8 Å². The SMILES string of the molecule is Cc1ccc(N2C(=O)CC(SCC(=O)O)C2=O)cc1. The first-order valence-corrected chi connectivity index (χ1v) is 6.81. The van der Waals surface area contributed by atoms with Gasteiger partial charge in [0, 0.05) is 6.42 Å². The fourth-order valence-corrected chi connectivity index (χ4v) is 2.72. The summed E-state index contributed by atoms with van der Waals surface area (Å²) in [6, 6.07) is 7.09. The number of aryl methyl sites for hydroxylation is 1. The van der Waals surface area contributed by atoms with Gasteiger partial charge in [0.15, 0.2) is 0 Å². The molecule has 0 saturated carbocycles. The number of hydrogen-bond donors (Lipinski definition) is 1. The molecular weight excluding hydrogens is 266 g/mol. The van der Waals surface area contributed by atoms with Gasteiger partial charge in [0.05, 0.1) is 16.7 Å². The lowest BCUT2D eigenvalue weighted by atomic mass is 10.2. The molecule has 0 aliphatic carbocycles. The summed E-state index contributed by atoms with van der Waals surface area (Å²) in [6.45, 7) is 1.92. The van der Waals surface area contributed by atoms with Crippen LogP contribution >= 0.6 is 11.8 Å². The summed E-state index contributed by atoms with van der Waals surface area (Å²) in [5.41, 5.74) is 1.58. The Hall–Kier alpha value is -1.82. The van der Waals surface area contributed by atoms with Gasteiger partial charge in [-0.05, 0) is 19.1 Å². The topological polar surface area (TPSA) is 74.7 Å². The van der Waals surface area contributed by atoms with E-state index in [4.69, 9.17) is 5.11 Å². The molecule has 1 atom stereocenters. The van der Waals surface area contributed by atoms with Crippen molar-refractivity contribution in [1.29, 1.82) is 0 Å². The van der Waals surface area contributed by atoms with Gasteiger partial charge in [-0.15, -0.1) is 11.8 Å². The van der Waals surface area contributed by atoms with E-state index in [1.807, 2.05) is 19.1 Å². The zero-order valence-electron chi connectivity index (χ0n) is 10.3. The third-order valence-electron chi connectivity index (χ3n) is 2.81. The fourth-order valence-electron chi connectivity index (χ4n) is 1.87. The molecule has 1 aliphatic heterocycles. The molecule has 1 fully saturated rings. The molecule has 19 heavy (non-hydrogen) atoms. The zero-order chi connectivity index (χ0) is 14.0. The third-order valence-corrected chi connectivity index (χ3v) is 3.99. The maximum atomic E-state index is 12.1. The van der Waals surface area contributed by atoms with Crippen LogP contribution in [0.25, 0.3) is 0 Å². The number of carbonyl (C=O) groups excluding carboxylic acids is 2. The fraction of sp³-hybridized carbons (Fsp3) is 0.308. The summed E-state index contributed by atoms with van der Waals surface area (Å²) in [4.78, 5) is 35.6. The smallest absolute Gasteiger partial charge is 0.313 e. The number of aliphatic carboxylic acids is 1. The van der Waals surface area contributed by atoms with Crippen LogP contribution in [0.5, 0.6) is 0 Å². The summed E-state index contributed by atoms with van der Waals surface area (Å²) < 4.78 is 0. The number of nitrogens with zero attached hydrogens (tertiary/aromatic N) is 1. The van der Waals surface area contributed by atoms with Crippen molar-refractivity contribution in [2.24, 2.45) is 0 Å². The number of amides is 2. The van der Waals surface area contributed by atoms with Crippen molar-refractivity contribution in [1.82, 2.24) is 0 Å². The predicted octanol–water partition coefficient (Wildman–Crippen LogP) is 1.44. The minimum Gasteiger partial charge on any atom is -0.481 e. The normalized spacial score (nSPS) is 19.0. The predicted molar refractivity (Wildman–Crippen MR) is 72.2 cm³/mol. The van der Waals surface area contributed by atoms with Gasteiger partial charge in [0.1, 0.15) is 0 Å². The van der Waals surface area contributed by atoms with Gasteiger partial charge in [0.2, 0.25) is 11.8 Å². The van der Waals surface area contributed by atoms with Crippen LogP contribution in [0.3, 0.4) is 0 Å². The monoisotopic (exact) mass is 279 g/mol. The molecule has 100 valence electrons. The first-order valence-electron chi connectivity index (χ1n) is 5.76. The van der Waals surface area contributed by atoms with Gasteiger partial charge in [0.25, 0.3) is 0 Å².